The fourth-order valence-corrected chi connectivity index (χ4v) is 5.05. The number of aryl methyl sites for hydroxylation is 1. The van der Waals surface area contributed by atoms with E-state index in [0.29, 0.717) is 0 Å². The van der Waals surface area contributed by atoms with E-state index in [9.17, 15) is 0 Å². The summed E-state index contributed by atoms with van der Waals surface area (Å²) in [5, 5.41) is 0. The Labute approximate surface area is 245 Å². The molecule has 0 aliphatic rings. The fraction of sp³-hybridized carbons (Fsp3) is 0.100. The van der Waals surface area contributed by atoms with Crippen LogP contribution in [0.1, 0.15) is 26.3 Å². The van der Waals surface area contributed by atoms with E-state index in [0.717, 1.165) is 23.5 Å². The highest BCUT2D eigenvalue weighted by Gasteiger charge is 2.12. The molecule has 6 aromatic carbocycles. The van der Waals surface area contributed by atoms with E-state index in [4.69, 9.17) is 0 Å². The Morgan fingerprint density at radius 1 is 0.341 bits per heavy atom. The Bertz CT molecular complexity index is 1580. The Morgan fingerprint density at radius 2 is 0.610 bits per heavy atom. The number of rotatable bonds is 7. The SMILES string of the molecule is CC.CCc1ccc(-c2ccc(-c3ccc(-c4ccc(N(c5ccccc5)c5ccccc5)cc4)cc3)cc2)cc1. The largest absolute Gasteiger partial charge is 0.311 e. The molecule has 1 heteroatoms. The minimum absolute atomic E-state index is 1.07. The maximum Gasteiger partial charge on any atom is 0.0462 e. The summed E-state index contributed by atoms with van der Waals surface area (Å²) in [6.45, 7) is 6.19. The third kappa shape index (κ3) is 6.48. The highest BCUT2D eigenvalue weighted by molar-refractivity contribution is 5.79. The average molecular weight is 532 g/mol. The molecule has 0 atom stereocenters. The van der Waals surface area contributed by atoms with Gasteiger partial charge >= 0.3 is 0 Å². The molecule has 0 heterocycles. The highest BCUT2D eigenvalue weighted by Crippen LogP contribution is 2.35. The van der Waals surface area contributed by atoms with E-state index in [1.807, 2.05) is 13.8 Å². The predicted molar refractivity (Wildman–Crippen MR) is 178 cm³/mol. The van der Waals surface area contributed by atoms with Crippen LogP contribution in [0.3, 0.4) is 0 Å². The Hall–Kier alpha value is -4.88. The molecule has 6 aromatic rings. The molecule has 0 fully saturated rings. The van der Waals surface area contributed by atoms with Crippen LogP contribution in [0.25, 0.3) is 33.4 Å². The zero-order valence-corrected chi connectivity index (χ0v) is 24.2. The van der Waals surface area contributed by atoms with Crippen LogP contribution in [0.5, 0.6) is 0 Å². The van der Waals surface area contributed by atoms with Crippen molar-refractivity contribution >= 4 is 17.1 Å². The lowest BCUT2D eigenvalue weighted by atomic mass is 9.97. The van der Waals surface area contributed by atoms with Crippen molar-refractivity contribution in [1.29, 1.82) is 0 Å². The van der Waals surface area contributed by atoms with Gasteiger partial charge in [0.05, 0.1) is 0 Å². The third-order valence-corrected chi connectivity index (χ3v) is 7.29. The van der Waals surface area contributed by atoms with Gasteiger partial charge in [0.25, 0.3) is 0 Å². The number of hydrogen-bond donors (Lipinski definition) is 0. The number of anilines is 3. The molecular weight excluding hydrogens is 494 g/mol. The van der Waals surface area contributed by atoms with Crippen molar-refractivity contribution < 1.29 is 0 Å². The van der Waals surface area contributed by atoms with E-state index < -0.39 is 0 Å². The fourth-order valence-electron chi connectivity index (χ4n) is 5.05. The molecule has 0 bridgehead atoms. The summed E-state index contributed by atoms with van der Waals surface area (Å²) in [6.07, 6.45) is 1.07. The highest BCUT2D eigenvalue weighted by atomic mass is 15.1. The lowest BCUT2D eigenvalue weighted by Crippen LogP contribution is -2.09. The van der Waals surface area contributed by atoms with Crippen molar-refractivity contribution in [2.45, 2.75) is 27.2 Å². The molecule has 0 aromatic heterocycles. The van der Waals surface area contributed by atoms with Crippen LogP contribution in [0.15, 0.2) is 158 Å². The summed E-state index contributed by atoms with van der Waals surface area (Å²) in [5.74, 6) is 0. The normalized spacial score (nSPS) is 10.4. The summed E-state index contributed by atoms with van der Waals surface area (Å²) in [5.41, 5.74) is 12.2. The maximum absolute atomic E-state index is 2.29. The van der Waals surface area contributed by atoms with Crippen LogP contribution in [0.4, 0.5) is 17.1 Å². The summed E-state index contributed by atoms with van der Waals surface area (Å²) in [7, 11) is 0. The van der Waals surface area contributed by atoms with Crippen molar-refractivity contribution in [3.8, 4) is 33.4 Å². The minimum atomic E-state index is 1.07. The second kappa shape index (κ2) is 13.5. The lowest BCUT2D eigenvalue weighted by Gasteiger charge is -2.25. The van der Waals surface area contributed by atoms with E-state index in [1.165, 1.54) is 38.9 Å². The van der Waals surface area contributed by atoms with Crippen LogP contribution < -0.4 is 4.90 Å². The minimum Gasteiger partial charge on any atom is -0.311 e. The molecule has 0 N–H and O–H groups in total. The summed E-state index contributed by atoms with van der Waals surface area (Å²) < 4.78 is 0. The first-order chi connectivity index (χ1) is 20.3. The Kier molecular flexibility index (Phi) is 9.08. The maximum atomic E-state index is 2.29. The molecule has 1 nitrogen and oxygen atoms in total. The quantitative estimate of drug-likeness (QED) is 0.198. The summed E-state index contributed by atoms with van der Waals surface area (Å²) in [4.78, 5) is 2.29. The summed E-state index contributed by atoms with van der Waals surface area (Å²) >= 11 is 0. The molecular formula is C40H37N. The van der Waals surface area contributed by atoms with Crippen molar-refractivity contribution in [1.82, 2.24) is 0 Å². The van der Waals surface area contributed by atoms with Gasteiger partial charge in [-0.05, 0) is 81.8 Å². The second-order valence-electron chi connectivity index (χ2n) is 9.76. The zero-order chi connectivity index (χ0) is 28.4. The van der Waals surface area contributed by atoms with Gasteiger partial charge in [0.15, 0.2) is 0 Å². The van der Waals surface area contributed by atoms with Gasteiger partial charge in [-0.2, -0.15) is 0 Å². The molecule has 202 valence electrons. The molecule has 0 radical (unpaired) electrons. The van der Waals surface area contributed by atoms with Crippen LogP contribution in [-0.4, -0.2) is 0 Å². The van der Waals surface area contributed by atoms with Crippen molar-refractivity contribution in [2.75, 3.05) is 4.90 Å². The van der Waals surface area contributed by atoms with E-state index in [2.05, 4.69) is 170 Å². The van der Waals surface area contributed by atoms with Gasteiger partial charge in [0.1, 0.15) is 0 Å². The number of para-hydroxylation sites is 2. The molecule has 0 unspecified atom stereocenters. The van der Waals surface area contributed by atoms with Crippen LogP contribution in [-0.2, 0) is 6.42 Å². The monoisotopic (exact) mass is 531 g/mol. The van der Waals surface area contributed by atoms with Gasteiger partial charge in [-0.15, -0.1) is 0 Å². The second-order valence-corrected chi connectivity index (χ2v) is 9.76. The van der Waals surface area contributed by atoms with Crippen LogP contribution in [0.2, 0.25) is 0 Å². The Morgan fingerprint density at radius 3 is 0.927 bits per heavy atom. The molecule has 0 spiro atoms. The topological polar surface area (TPSA) is 3.24 Å². The molecule has 0 saturated carbocycles. The van der Waals surface area contributed by atoms with E-state index in [-0.39, 0.29) is 0 Å². The first kappa shape index (κ1) is 27.7. The number of hydrogen-bond acceptors (Lipinski definition) is 1. The third-order valence-electron chi connectivity index (χ3n) is 7.29. The van der Waals surface area contributed by atoms with Crippen molar-refractivity contribution in [3.63, 3.8) is 0 Å². The smallest absolute Gasteiger partial charge is 0.0462 e. The van der Waals surface area contributed by atoms with Gasteiger partial charge in [0, 0.05) is 17.1 Å². The van der Waals surface area contributed by atoms with Gasteiger partial charge in [0.2, 0.25) is 0 Å². The van der Waals surface area contributed by atoms with Gasteiger partial charge in [-0.1, -0.05) is 142 Å². The standard InChI is InChI=1S/C38H31N.C2H6/c1-2-29-13-15-30(16-14-29)31-17-19-32(20-18-31)33-21-23-34(24-22-33)35-25-27-38(28-26-35)39(36-9-5-3-6-10-36)37-11-7-4-8-12-37;1-2/h3-28H,2H2,1H3;1-2H3. The zero-order valence-electron chi connectivity index (χ0n) is 24.2. The lowest BCUT2D eigenvalue weighted by molar-refractivity contribution is 1.14. The summed E-state index contributed by atoms with van der Waals surface area (Å²) in [6, 6.07) is 56.4. The van der Waals surface area contributed by atoms with Gasteiger partial charge in [-0.3, -0.25) is 0 Å². The van der Waals surface area contributed by atoms with Crippen LogP contribution >= 0.6 is 0 Å². The molecule has 6 rings (SSSR count). The molecule has 0 aliphatic carbocycles. The molecule has 0 aliphatic heterocycles. The first-order valence-electron chi connectivity index (χ1n) is 14.6. The molecule has 41 heavy (non-hydrogen) atoms. The average Bonchev–Trinajstić information content (AvgIpc) is 3.07. The molecule has 0 saturated heterocycles. The Balaban J connectivity index is 0.00000165. The number of nitrogens with zero attached hydrogens (tertiary/aromatic N) is 1. The van der Waals surface area contributed by atoms with E-state index >= 15 is 0 Å². The predicted octanol–water partition coefficient (Wildman–Crippen LogP) is 11.7. The van der Waals surface area contributed by atoms with Gasteiger partial charge in [-0.25, -0.2) is 0 Å². The first-order valence-corrected chi connectivity index (χ1v) is 14.6. The van der Waals surface area contributed by atoms with Crippen LogP contribution in [0, 0.1) is 0 Å². The van der Waals surface area contributed by atoms with E-state index in [1.54, 1.807) is 0 Å². The molecule has 0 amide bonds. The number of benzene rings is 6. The van der Waals surface area contributed by atoms with Crippen molar-refractivity contribution in [2.24, 2.45) is 0 Å². The van der Waals surface area contributed by atoms with Crippen molar-refractivity contribution in [3.05, 3.63) is 163 Å². The van der Waals surface area contributed by atoms with Gasteiger partial charge < -0.3 is 4.90 Å².